The third-order valence-corrected chi connectivity index (χ3v) is 5.48. The molecule has 0 aromatic heterocycles. The van der Waals surface area contributed by atoms with Crippen LogP contribution in [0, 0.1) is 0 Å². The number of carbonyl (C=O) groups excluding carboxylic acids is 1. The molecular weight excluding hydrogens is 408 g/mol. The molecule has 1 amide bonds. The molecule has 1 N–H and O–H groups in total. The van der Waals surface area contributed by atoms with Crippen molar-refractivity contribution in [1.82, 2.24) is 5.01 Å². The van der Waals surface area contributed by atoms with Gasteiger partial charge in [-0.1, -0.05) is 30.3 Å². The number of benzene rings is 3. The summed E-state index contributed by atoms with van der Waals surface area (Å²) < 4.78 is 10.4. The van der Waals surface area contributed by atoms with E-state index in [-0.39, 0.29) is 5.91 Å². The van der Waals surface area contributed by atoms with Gasteiger partial charge in [0.1, 0.15) is 17.4 Å². The number of amides is 1. The maximum absolute atomic E-state index is 13.4. The molecule has 0 aliphatic carbocycles. The molecule has 4 rings (SSSR count). The Labute approximate surface area is 185 Å². The average molecular weight is 430 g/mol. The van der Waals surface area contributed by atoms with E-state index in [2.05, 4.69) is 5.10 Å². The minimum atomic E-state index is -1.03. The molecule has 2 atom stereocenters. The second kappa shape index (κ2) is 8.93. The van der Waals surface area contributed by atoms with Crippen molar-refractivity contribution in [2.24, 2.45) is 5.10 Å². The predicted molar refractivity (Wildman–Crippen MR) is 119 cm³/mol. The van der Waals surface area contributed by atoms with Crippen molar-refractivity contribution in [3.63, 3.8) is 0 Å². The van der Waals surface area contributed by atoms with Crippen LogP contribution < -0.4 is 9.47 Å². The summed E-state index contributed by atoms with van der Waals surface area (Å²) in [6, 6.07) is 20.1. The standard InChI is InChI=1S/C25H22N2O5/c1-31-18-11-7-16(8-12-18)15-26-27-23(17-9-13-19(32-2)14-10-17)22(25(29)30)20-5-3-4-6-21(20)24(27)28/h3-15,22-23H,1-2H3,(H,29,30)/b26-15+/t22-,23-/m0/s1. The van der Waals surface area contributed by atoms with Crippen LogP contribution in [0.15, 0.2) is 77.9 Å². The molecule has 3 aromatic rings. The van der Waals surface area contributed by atoms with E-state index in [0.29, 0.717) is 28.2 Å². The van der Waals surface area contributed by atoms with Gasteiger partial charge in [0.25, 0.3) is 5.91 Å². The molecule has 0 radical (unpaired) electrons. The molecule has 0 fully saturated rings. The summed E-state index contributed by atoms with van der Waals surface area (Å²) in [4.78, 5) is 25.8. The Morgan fingerprint density at radius 3 is 2.12 bits per heavy atom. The van der Waals surface area contributed by atoms with Gasteiger partial charge in [-0.3, -0.25) is 9.59 Å². The van der Waals surface area contributed by atoms with Gasteiger partial charge in [0.2, 0.25) is 0 Å². The monoisotopic (exact) mass is 430 g/mol. The summed E-state index contributed by atoms with van der Waals surface area (Å²) in [6.07, 6.45) is 1.54. The molecule has 0 spiro atoms. The van der Waals surface area contributed by atoms with Crippen LogP contribution in [0.2, 0.25) is 0 Å². The molecule has 1 heterocycles. The number of carbonyl (C=O) groups is 2. The number of rotatable bonds is 6. The first-order valence-electron chi connectivity index (χ1n) is 10.0. The van der Waals surface area contributed by atoms with Gasteiger partial charge < -0.3 is 14.6 Å². The summed E-state index contributed by atoms with van der Waals surface area (Å²) in [6.45, 7) is 0. The molecule has 7 heteroatoms. The topological polar surface area (TPSA) is 88.4 Å². The lowest BCUT2D eigenvalue weighted by Gasteiger charge is -2.37. The van der Waals surface area contributed by atoms with Gasteiger partial charge in [0, 0.05) is 5.56 Å². The van der Waals surface area contributed by atoms with Crippen molar-refractivity contribution in [3.8, 4) is 11.5 Å². The summed E-state index contributed by atoms with van der Waals surface area (Å²) >= 11 is 0. The lowest BCUT2D eigenvalue weighted by atomic mass is 9.80. The van der Waals surface area contributed by atoms with Crippen molar-refractivity contribution < 1.29 is 24.2 Å². The quantitative estimate of drug-likeness (QED) is 0.595. The Hall–Kier alpha value is -4.13. The van der Waals surface area contributed by atoms with Gasteiger partial charge >= 0.3 is 5.97 Å². The number of nitrogens with zero attached hydrogens (tertiary/aromatic N) is 2. The highest BCUT2D eigenvalue weighted by Gasteiger charge is 2.44. The van der Waals surface area contributed by atoms with Gasteiger partial charge in [0.15, 0.2) is 0 Å². The Bertz CT molecular complexity index is 1160. The van der Waals surface area contributed by atoms with E-state index in [0.717, 1.165) is 5.56 Å². The van der Waals surface area contributed by atoms with E-state index in [9.17, 15) is 14.7 Å². The van der Waals surface area contributed by atoms with Crippen LogP contribution in [-0.2, 0) is 4.79 Å². The first-order chi connectivity index (χ1) is 15.5. The number of hydrazone groups is 1. The second-order valence-corrected chi connectivity index (χ2v) is 7.29. The first kappa shape index (κ1) is 21.1. The van der Waals surface area contributed by atoms with E-state index in [4.69, 9.17) is 9.47 Å². The van der Waals surface area contributed by atoms with Crippen molar-refractivity contribution in [1.29, 1.82) is 0 Å². The maximum atomic E-state index is 13.4. The predicted octanol–water partition coefficient (Wildman–Crippen LogP) is 4.10. The van der Waals surface area contributed by atoms with Crippen molar-refractivity contribution in [3.05, 3.63) is 95.1 Å². The molecule has 32 heavy (non-hydrogen) atoms. The van der Waals surface area contributed by atoms with Gasteiger partial charge in [-0.15, -0.1) is 0 Å². The van der Waals surface area contributed by atoms with Crippen LogP contribution in [0.3, 0.4) is 0 Å². The number of hydrogen-bond acceptors (Lipinski definition) is 5. The molecule has 3 aromatic carbocycles. The minimum Gasteiger partial charge on any atom is -0.497 e. The zero-order valence-corrected chi connectivity index (χ0v) is 17.6. The Morgan fingerprint density at radius 2 is 1.53 bits per heavy atom. The number of methoxy groups -OCH3 is 2. The number of carboxylic acid groups (broad SMARTS) is 1. The van der Waals surface area contributed by atoms with Gasteiger partial charge in [-0.2, -0.15) is 5.10 Å². The number of fused-ring (bicyclic) bond motifs is 1. The summed E-state index contributed by atoms with van der Waals surface area (Å²) in [5.41, 5.74) is 2.20. The summed E-state index contributed by atoms with van der Waals surface area (Å²) in [5, 5.41) is 15.8. The molecule has 162 valence electrons. The van der Waals surface area contributed by atoms with Crippen LogP contribution in [-0.4, -0.2) is 42.4 Å². The Balaban J connectivity index is 1.82. The lowest BCUT2D eigenvalue weighted by Crippen LogP contribution is -2.42. The van der Waals surface area contributed by atoms with Crippen LogP contribution in [0.5, 0.6) is 11.5 Å². The van der Waals surface area contributed by atoms with Crippen molar-refractivity contribution in [2.45, 2.75) is 12.0 Å². The van der Waals surface area contributed by atoms with Gasteiger partial charge in [-0.05, 0) is 59.2 Å². The third-order valence-electron chi connectivity index (χ3n) is 5.48. The number of hydrogen-bond donors (Lipinski definition) is 1. The average Bonchev–Trinajstić information content (AvgIpc) is 2.83. The maximum Gasteiger partial charge on any atom is 0.313 e. The van der Waals surface area contributed by atoms with Gasteiger partial charge in [-0.25, -0.2) is 5.01 Å². The molecule has 7 nitrogen and oxygen atoms in total. The van der Waals surface area contributed by atoms with E-state index in [1.807, 2.05) is 12.1 Å². The number of carboxylic acids is 1. The SMILES string of the molecule is COc1ccc(/C=N/N2C(=O)c3ccccc3[C@H](C(=O)O)[C@@H]2c2ccc(OC)cc2)cc1. The highest BCUT2D eigenvalue weighted by Crippen LogP contribution is 2.43. The zero-order chi connectivity index (χ0) is 22.7. The highest BCUT2D eigenvalue weighted by molar-refractivity contribution is 6.00. The molecular formula is C25H22N2O5. The van der Waals surface area contributed by atoms with Crippen LogP contribution in [0.1, 0.15) is 39.0 Å². The largest absolute Gasteiger partial charge is 0.497 e. The molecule has 0 unspecified atom stereocenters. The fourth-order valence-corrected chi connectivity index (χ4v) is 3.87. The minimum absolute atomic E-state index is 0.330. The molecule has 0 saturated heterocycles. The summed E-state index contributed by atoms with van der Waals surface area (Å²) in [7, 11) is 3.14. The normalized spacial score (nSPS) is 17.8. The third kappa shape index (κ3) is 3.92. The van der Waals surface area contributed by atoms with Crippen LogP contribution in [0.4, 0.5) is 0 Å². The van der Waals surface area contributed by atoms with E-state index in [1.54, 1.807) is 81.1 Å². The fraction of sp³-hybridized carbons (Fsp3) is 0.160. The van der Waals surface area contributed by atoms with Crippen LogP contribution in [0.25, 0.3) is 0 Å². The fourth-order valence-electron chi connectivity index (χ4n) is 3.87. The number of ether oxygens (including phenoxy) is 2. The van der Waals surface area contributed by atoms with E-state index < -0.39 is 17.9 Å². The highest BCUT2D eigenvalue weighted by atomic mass is 16.5. The Morgan fingerprint density at radius 1 is 0.938 bits per heavy atom. The molecule has 0 saturated carbocycles. The Kier molecular flexibility index (Phi) is 5.89. The molecule has 1 aliphatic rings. The van der Waals surface area contributed by atoms with Gasteiger partial charge in [0.05, 0.1) is 26.5 Å². The lowest BCUT2D eigenvalue weighted by molar-refractivity contribution is -0.140. The molecule has 0 bridgehead atoms. The number of aliphatic carboxylic acids is 1. The van der Waals surface area contributed by atoms with Crippen LogP contribution >= 0.6 is 0 Å². The zero-order valence-electron chi connectivity index (χ0n) is 17.6. The summed E-state index contributed by atoms with van der Waals surface area (Å²) in [5.74, 6) is -1.03. The smallest absolute Gasteiger partial charge is 0.313 e. The molecule has 1 aliphatic heterocycles. The van der Waals surface area contributed by atoms with Crippen molar-refractivity contribution in [2.75, 3.05) is 14.2 Å². The van der Waals surface area contributed by atoms with Crippen molar-refractivity contribution >= 4 is 18.1 Å². The van der Waals surface area contributed by atoms with E-state index in [1.165, 1.54) is 5.01 Å². The second-order valence-electron chi connectivity index (χ2n) is 7.29. The first-order valence-corrected chi connectivity index (χ1v) is 10.0. The van der Waals surface area contributed by atoms with E-state index >= 15 is 0 Å².